The van der Waals surface area contributed by atoms with Gasteiger partial charge in [-0.15, -0.1) is 0 Å². The second-order valence-electron chi connectivity index (χ2n) is 13.7. The van der Waals surface area contributed by atoms with E-state index in [1.807, 2.05) is 13.0 Å². The summed E-state index contributed by atoms with van der Waals surface area (Å²) >= 11 is 0. The molecule has 14 atom stereocenters. The molecule has 0 aromatic heterocycles. The zero-order valence-electron chi connectivity index (χ0n) is 21.1. The van der Waals surface area contributed by atoms with E-state index in [9.17, 15) is 15.0 Å². The number of carbonyl (C=O) groups excluding carboxylic acids is 1. The van der Waals surface area contributed by atoms with Gasteiger partial charge in [0.25, 0.3) is 0 Å². The van der Waals surface area contributed by atoms with Crippen molar-refractivity contribution < 1.29 is 29.2 Å². The molecule has 3 heterocycles. The summed E-state index contributed by atoms with van der Waals surface area (Å²) < 4.78 is 18.4. The molecule has 0 amide bonds. The highest BCUT2D eigenvalue weighted by atomic mass is 16.7. The third-order valence-corrected chi connectivity index (χ3v) is 12.6. The summed E-state index contributed by atoms with van der Waals surface area (Å²) in [4.78, 5) is 13.3. The van der Waals surface area contributed by atoms with Crippen LogP contribution >= 0.6 is 0 Å². The molecule has 0 aromatic rings. The van der Waals surface area contributed by atoms with Crippen LogP contribution in [0.2, 0.25) is 0 Å². The van der Waals surface area contributed by atoms with Gasteiger partial charge in [0.1, 0.15) is 16.8 Å². The molecule has 0 radical (unpaired) electrons. The molecule has 2 N–H and O–H groups in total. The van der Waals surface area contributed by atoms with Crippen LogP contribution in [0.25, 0.3) is 0 Å². The number of ether oxygens (including phenoxy) is 3. The Balaban J connectivity index is 1.18. The molecule has 7 aliphatic rings. The molecule has 3 saturated carbocycles. The Kier molecular flexibility index (Phi) is 4.20. The topological polar surface area (TPSA) is 91.8 Å². The molecule has 14 unspecified atom stereocenters. The van der Waals surface area contributed by atoms with Gasteiger partial charge >= 0.3 is 0 Å². The maximum absolute atomic E-state index is 13.3. The Hall–Kier alpha value is -0.790. The van der Waals surface area contributed by atoms with Gasteiger partial charge in [-0.2, -0.15) is 0 Å². The lowest BCUT2D eigenvalue weighted by Crippen LogP contribution is -2.60. The van der Waals surface area contributed by atoms with Crippen LogP contribution in [-0.2, 0) is 19.0 Å². The Morgan fingerprint density at radius 2 is 1.88 bits per heavy atom. The number of aliphatic hydroxyl groups excluding tert-OH is 2. The van der Waals surface area contributed by atoms with Crippen molar-refractivity contribution in [1.82, 2.24) is 0 Å². The van der Waals surface area contributed by atoms with Gasteiger partial charge in [0.05, 0.1) is 23.7 Å². The summed E-state index contributed by atoms with van der Waals surface area (Å²) in [6.07, 6.45) is 7.94. The molecule has 6 heteroatoms. The van der Waals surface area contributed by atoms with E-state index in [0.717, 1.165) is 38.5 Å². The van der Waals surface area contributed by atoms with E-state index in [1.165, 1.54) is 0 Å². The first-order valence-corrected chi connectivity index (χ1v) is 13.5. The Morgan fingerprint density at radius 1 is 1.12 bits per heavy atom. The van der Waals surface area contributed by atoms with Crippen LogP contribution < -0.4 is 0 Å². The van der Waals surface area contributed by atoms with Gasteiger partial charge < -0.3 is 24.4 Å². The number of allylic oxidation sites excluding steroid dienone is 1. The molecule has 6 nitrogen and oxygen atoms in total. The van der Waals surface area contributed by atoms with Gasteiger partial charge in [-0.1, -0.05) is 19.9 Å². The lowest BCUT2D eigenvalue weighted by molar-refractivity contribution is -0.206. The SMILES string of the molecule is CC(C1CC2(C)OC2(C)C(O)O1)C1C(O)CC2C3CC4OC45CC=CC(=O)C5(C)C3CCC21C. The highest BCUT2D eigenvalue weighted by Gasteiger charge is 2.78. The first kappa shape index (κ1) is 22.4. The van der Waals surface area contributed by atoms with E-state index in [-0.39, 0.29) is 46.4 Å². The minimum atomic E-state index is -0.930. The van der Waals surface area contributed by atoms with Gasteiger partial charge in [0.2, 0.25) is 0 Å². The van der Waals surface area contributed by atoms with Gasteiger partial charge in [0.15, 0.2) is 12.1 Å². The summed E-state index contributed by atoms with van der Waals surface area (Å²) in [6, 6.07) is 0. The minimum absolute atomic E-state index is 0.0147. The van der Waals surface area contributed by atoms with Crippen LogP contribution in [0.4, 0.5) is 0 Å². The molecular formula is C28H40O6. The monoisotopic (exact) mass is 472 g/mol. The third-order valence-electron chi connectivity index (χ3n) is 12.6. The van der Waals surface area contributed by atoms with Crippen LogP contribution in [0.3, 0.4) is 0 Å². The normalized spacial score (nSPS) is 64.3. The largest absolute Gasteiger partial charge is 0.393 e. The van der Waals surface area contributed by atoms with Crippen LogP contribution in [0.1, 0.15) is 73.1 Å². The van der Waals surface area contributed by atoms with E-state index in [4.69, 9.17) is 14.2 Å². The zero-order valence-corrected chi connectivity index (χ0v) is 21.1. The Labute approximate surface area is 202 Å². The summed E-state index contributed by atoms with van der Waals surface area (Å²) in [6.45, 7) is 10.7. The van der Waals surface area contributed by atoms with Crippen LogP contribution in [0, 0.1) is 40.4 Å². The minimum Gasteiger partial charge on any atom is -0.393 e. The second-order valence-corrected chi connectivity index (χ2v) is 13.7. The van der Waals surface area contributed by atoms with Crippen molar-refractivity contribution in [2.75, 3.05) is 0 Å². The molecule has 3 aliphatic heterocycles. The molecule has 4 aliphatic carbocycles. The molecule has 1 spiro atoms. The molecule has 0 bridgehead atoms. The fourth-order valence-corrected chi connectivity index (χ4v) is 10.4. The number of carbonyl (C=O) groups is 1. The molecule has 3 saturated heterocycles. The van der Waals surface area contributed by atoms with Crippen molar-refractivity contribution in [3.63, 3.8) is 0 Å². The van der Waals surface area contributed by atoms with Crippen LogP contribution in [0.15, 0.2) is 12.2 Å². The first-order valence-electron chi connectivity index (χ1n) is 13.5. The molecule has 188 valence electrons. The molecule has 6 fully saturated rings. The molecule has 0 aromatic carbocycles. The smallest absolute Gasteiger partial charge is 0.186 e. The third kappa shape index (κ3) is 2.35. The fourth-order valence-electron chi connectivity index (χ4n) is 10.4. The maximum atomic E-state index is 13.3. The van der Waals surface area contributed by atoms with Crippen molar-refractivity contribution in [3.8, 4) is 0 Å². The standard InChI is InChI=1S/C28H40O6/c1-14(19-13-25(3)27(5,34-25)23(31)32-19)22-18(29)12-17-15-11-21-28(33-21)9-6-7-20(30)26(28,4)16(15)8-10-24(17,22)2/h6-7,14-19,21-23,29,31H,8-13H2,1-5H3. The fraction of sp³-hybridized carbons (Fsp3) is 0.893. The number of aliphatic hydroxyl groups is 2. The average molecular weight is 473 g/mol. The highest BCUT2D eigenvalue weighted by Crippen LogP contribution is 2.73. The van der Waals surface area contributed by atoms with Crippen LogP contribution in [0.5, 0.6) is 0 Å². The zero-order chi connectivity index (χ0) is 24.1. The number of epoxide rings is 2. The Bertz CT molecular complexity index is 980. The maximum Gasteiger partial charge on any atom is 0.186 e. The molecular weight excluding hydrogens is 432 g/mol. The van der Waals surface area contributed by atoms with Gasteiger partial charge in [0, 0.05) is 6.42 Å². The summed E-state index contributed by atoms with van der Waals surface area (Å²) in [5.74, 6) is 1.54. The second kappa shape index (κ2) is 6.36. The quantitative estimate of drug-likeness (QED) is 0.599. The molecule has 34 heavy (non-hydrogen) atoms. The van der Waals surface area contributed by atoms with Crippen molar-refractivity contribution in [2.45, 2.75) is 115 Å². The van der Waals surface area contributed by atoms with Gasteiger partial charge in [-0.3, -0.25) is 4.79 Å². The van der Waals surface area contributed by atoms with Gasteiger partial charge in [-0.25, -0.2) is 0 Å². The predicted octanol–water partition coefficient (Wildman–Crippen LogP) is 3.38. The van der Waals surface area contributed by atoms with Crippen molar-refractivity contribution in [3.05, 3.63) is 12.2 Å². The van der Waals surface area contributed by atoms with Crippen LogP contribution in [-0.4, -0.2) is 57.4 Å². The van der Waals surface area contributed by atoms with E-state index in [0.29, 0.717) is 17.8 Å². The van der Waals surface area contributed by atoms with E-state index >= 15 is 0 Å². The number of hydrogen-bond donors (Lipinski definition) is 2. The summed E-state index contributed by atoms with van der Waals surface area (Å²) in [5, 5.41) is 22.2. The highest BCUT2D eigenvalue weighted by molar-refractivity contribution is 5.97. The van der Waals surface area contributed by atoms with Crippen molar-refractivity contribution in [2.24, 2.45) is 40.4 Å². The summed E-state index contributed by atoms with van der Waals surface area (Å²) in [5.41, 5.74) is -1.71. The number of rotatable bonds is 2. The average Bonchev–Trinajstić information content (AvgIpc) is 3.59. The number of fused-ring (bicyclic) bond motifs is 5. The lowest BCUT2D eigenvalue weighted by Gasteiger charge is -2.57. The van der Waals surface area contributed by atoms with Gasteiger partial charge in [-0.05, 0) is 94.0 Å². The lowest BCUT2D eigenvalue weighted by atomic mass is 9.44. The summed E-state index contributed by atoms with van der Waals surface area (Å²) in [7, 11) is 0. The van der Waals surface area contributed by atoms with E-state index in [2.05, 4.69) is 27.7 Å². The Morgan fingerprint density at radius 3 is 2.62 bits per heavy atom. The van der Waals surface area contributed by atoms with Crippen molar-refractivity contribution in [1.29, 1.82) is 0 Å². The first-order chi connectivity index (χ1) is 15.9. The number of hydrogen-bond acceptors (Lipinski definition) is 6. The number of ketones is 1. The predicted molar refractivity (Wildman–Crippen MR) is 124 cm³/mol. The van der Waals surface area contributed by atoms with E-state index < -0.39 is 23.4 Å². The van der Waals surface area contributed by atoms with Crippen molar-refractivity contribution >= 4 is 5.78 Å². The molecule has 7 rings (SSSR count). The van der Waals surface area contributed by atoms with E-state index in [1.54, 1.807) is 6.08 Å².